The predicted octanol–water partition coefficient (Wildman–Crippen LogP) is 2.36. The standard InChI is InChI=1S/C15H27NO3/c1-3-13-11-15(7-10-19-13,12-14(17)18-4-2)16-8-5-6-9-16/h13H,3-12H2,1-2H3. The van der Waals surface area contributed by atoms with Gasteiger partial charge in [-0.1, -0.05) is 6.92 Å². The second kappa shape index (κ2) is 6.71. The van der Waals surface area contributed by atoms with Crippen molar-refractivity contribution in [2.45, 2.75) is 64.0 Å². The van der Waals surface area contributed by atoms with E-state index in [2.05, 4.69) is 11.8 Å². The van der Waals surface area contributed by atoms with Crippen molar-refractivity contribution in [3.63, 3.8) is 0 Å². The zero-order chi connectivity index (χ0) is 13.7. The van der Waals surface area contributed by atoms with Crippen molar-refractivity contribution in [3.05, 3.63) is 0 Å². The van der Waals surface area contributed by atoms with Gasteiger partial charge in [-0.15, -0.1) is 0 Å². The third kappa shape index (κ3) is 3.48. The highest BCUT2D eigenvalue weighted by atomic mass is 16.5. The molecule has 0 saturated carbocycles. The molecule has 0 aromatic rings. The summed E-state index contributed by atoms with van der Waals surface area (Å²) in [7, 11) is 0. The van der Waals surface area contributed by atoms with Gasteiger partial charge in [0.1, 0.15) is 0 Å². The molecule has 0 bridgehead atoms. The largest absolute Gasteiger partial charge is 0.466 e. The predicted molar refractivity (Wildman–Crippen MR) is 74.1 cm³/mol. The van der Waals surface area contributed by atoms with E-state index in [0.29, 0.717) is 19.1 Å². The Morgan fingerprint density at radius 1 is 1.37 bits per heavy atom. The Bertz CT molecular complexity index is 302. The van der Waals surface area contributed by atoms with Crippen LogP contribution >= 0.6 is 0 Å². The number of ether oxygens (including phenoxy) is 2. The van der Waals surface area contributed by atoms with E-state index in [9.17, 15) is 4.79 Å². The fourth-order valence-electron chi connectivity index (χ4n) is 3.49. The van der Waals surface area contributed by atoms with E-state index in [0.717, 1.165) is 39.0 Å². The van der Waals surface area contributed by atoms with E-state index in [4.69, 9.17) is 9.47 Å². The number of esters is 1. The lowest BCUT2D eigenvalue weighted by Crippen LogP contribution is -2.54. The molecular weight excluding hydrogens is 242 g/mol. The van der Waals surface area contributed by atoms with Crippen LogP contribution in [0.4, 0.5) is 0 Å². The molecule has 0 amide bonds. The Balaban J connectivity index is 2.09. The van der Waals surface area contributed by atoms with Gasteiger partial charge in [-0.2, -0.15) is 0 Å². The zero-order valence-corrected chi connectivity index (χ0v) is 12.3. The summed E-state index contributed by atoms with van der Waals surface area (Å²) in [4.78, 5) is 14.5. The number of hydrogen-bond acceptors (Lipinski definition) is 4. The fraction of sp³-hybridized carbons (Fsp3) is 0.933. The number of carbonyl (C=O) groups excluding carboxylic acids is 1. The van der Waals surface area contributed by atoms with Crippen LogP contribution in [0.3, 0.4) is 0 Å². The highest BCUT2D eigenvalue weighted by molar-refractivity contribution is 5.71. The second-order valence-corrected chi connectivity index (χ2v) is 5.76. The number of rotatable bonds is 5. The van der Waals surface area contributed by atoms with E-state index in [-0.39, 0.29) is 11.5 Å². The van der Waals surface area contributed by atoms with Crippen LogP contribution < -0.4 is 0 Å². The summed E-state index contributed by atoms with van der Waals surface area (Å²) >= 11 is 0. The molecule has 19 heavy (non-hydrogen) atoms. The van der Waals surface area contributed by atoms with Crippen LogP contribution in [0.1, 0.15) is 52.4 Å². The Hall–Kier alpha value is -0.610. The third-order valence-electron chi connectivity index (χ3n) is 4.54. The van der Waals surface area contributed by atoms with Crippen LogP contribution in [0.25, 0.3) is 0 Å². The first kappa shape index (κ1) is 14.8. The highest BCUT2D eigenvalue weighted by Crippen LogP contribution is 2.37. The van der Waals surface area contributed by atoms with Gasteiger partial charge in [0.2, 0.25) is 0 Å². The molecular formula is C15H27NO3. The molecule has 2 heterocycles. The van der Waals surface area contributed by atoms with E-state index in [1.165, 1.54) is 12.8 Å². The minimum atomic E-state index is -0.0499. The molecule has 0 aromatic heterocycles. The van der Waals surface area contributed by atoms with Crippen molar-refractivity contribution < 1.29 is 14.3 Å². The average Bonchev–Trinajstić information content (AvgIpc) is 2.93. The molecule has 2 aliphatic rings. The first-order valence-electron chi connectivity index (χ1n) is 7.72. The number of nitrogens with zero attached hydrogens (tertiary/aromatic N) is 1. The molecule has 2 rings (SSSR count). The monoisotopic (exact) mass is 269 g/mol. The minimum absolute atomic E-state index is 0.0122. The molecule has 0 aliphatic carbocycles. The Kier molecular flexibility index (Phi) is 5.22. The summed E-state index contributed by atoms with van der Waals surface area (Å²) in [6.07, 6.45) is 6.29. The maximum Gasteiger partial charge on any atom is 0.307 e. The van der Waals surface area contributed by atoms with Crippen molar-refractivity contribution in [1.82, 2.24) is 4.90 Å². The van der Waals surface area contributed by atoms with E-state index in [1.807, 2.05) is 6.92 Å². The normalized spacial score (nSPS) is 32.4. The van der Waals surface area contributed by atoms with Crippen LogP contribution in [-0.4, -0.2) is 48.8 Å². The summed E-state index contributed by atoms with van der Waals surface area (Å²) in [5.74, 6) is -0.0499. The van der Waals surface area contributed by atoms with Gasteiger partial charge in [0, 0.05) is 12.1 Å². The van der Waals surface area contributed by atoms with Crippen molar-refractivity contribution in [1.29, 1.82) is 0 Å². The SMILES string of the molecule is CCOC(=O)CC1(N2CCCC2)CCOC(CC)C1. The van der Waals surface area contributed by atoms with Gasteiger partial charge in [-0.25, -0.2) is 0 Å². The van der Waals surface area contributed by atoms with Gasteiger partial charge in [0.15, 0.2) is 0 Å². The topological polar surface area (TPSA) is 38.8 Å². The van der Waals surface area contributed by atoms with Crippen molar-refractivity contribution >= 4 is 5.97 Å². The smallest absolute Gasteiger partial charge is 0.307 e. The van der Waals surface area contributed by atoms with Crippen LogP contribution in [0.15, 0.2) is 0 Å². The van der Waals surface area contributed by atoms with Gasteiger partial charge in [-0.3, -0.25) is 9.69 Å². The molecule has 0 spiro atoms. The summed E-state index contributed by atoms with van der Waals surface area (Å²) in [5, 5.41) is 0. The number of hydrogen-bond donors (Lipinski definition) is 0. The molecule has 2 atom stereocenters. The van der Waals surface area contributed by atoms with E-state index in [1.54, 1.807) is 0 Å². The highest BCUT2D eigenvalue weighted by Gasteiger charge is 2.44. The average molecular weight is 269 g/mol. The summed E-state index contributed by atoms with van der Waals surface area (Å²) in [6, 6.07) is 0. The quantitative estimate of drug-likeness (QED) is 0.718. The molecule has 110 valence electrons. The molecule has 2 saturated heterocycles. The molecule has 2 fully saturated rings. The zero-order valence-electron chi connectivity index (χ0n) is 12.3. The lowest BCUT2D eigenvalue weighted by atomic mass is 9.81. The molecule has 2 unspecified atom stereocenters. The lowest BCUT2D eigenvalue weighted by molar-refractivity contribution is -0.150. The molecule has 2 aliphatic heterocycles. The lowest BCUT2D eigenvalue weighted by Gasteiger charge is -2.46. The van der Waals surface area contributed by atoms with E-state index < -0.39 is 0 Å². The summed E-state index contributed by atoms with van der Waals surface area (Å²) in [5.41, 5.74) is -0.0122. The molecule has 0 N–H and O–H groups in total. The minimum Gasteiger partial charge on any atom is -0.466 e. The molecule has 0 radical (unpaired) electrons. The maximum absolute atomic E-state index is 12.0. The van der Waals surface area contributed by atoms with Crippen molar-refractivity contribution in [2.75, 3.05) is 26.3 Å². The van der Waals surface area contributed by atoms with Gasteiger partial charge >= 0.3 is 5.97 Å². The fourth-order valence-corrected chi connectivity index (χ4v) is 3.49. The summed E-state index contributed by atoms with van der Waals surface area (Å²) in [6.45, 7) is 7.52. The maximum atomic E-state index is 12.0. The first-order valence-corrected chi connectivity index (χ1v) is 7.72. The molecule has 4 heteroatoms. The van der Waals surface area contributed by atoms with Crippen LogP contribution in [0, 0.1) is 0 Å². The van der Waals surface area contributed by atoms with E-state index >= 15 is 0 Å². The summed E-state index contributed by atoms with van der Waals surface area (Å²) < 4.78 is 11.0. The number of likely N-dealkylation sites (tertiary alicyclic amines) is 1. The van der Waals surface area contributed by atoms with Crippen molar-refractivity contribution in [3.8, 4) is 0 Å². The Labute approximate surface area is 116 Å². The molecule has 0 aromatic carbocycles. The van der Waals surface area contributed by atoms with Gasteiger partial charge < -0.3 is 9.47 Å². The first-order chi connectivity index (χ1) is 9.20. The van der Waals surface area contributed by atoms with Crippen molar-refractivity contribution in [2.24, 2.45) is 0 Å². The Morgan fingerprint density at radius 2 is 2.11 bits per heavy atom. The van der Waals surface area contributed by atoms with Crippen LogP contribution in [0.2, 0.25) is 0 Å². The third-order valence-corrected chi connectivity index (χ3v) is 4.54. The van der Waals surface area contributed by atoms with Gasteiger partial charge in [0.25, 0.3) is 0 Å². The van der Waals surface area contributed by atoms with Crippen LogP contribution in [0.5, 0.6) is 0 Å². The Morgan fingerprint density at radius 3 is 2.74 bits per heavy atom. The molecule has 4 nitrogen and oxygen atoms in total. The number of carbonyl (C=O) groups is 1. The van der Waals surface area contributed by atoms with Gasteiger partial charge in [0.05, 0.1) is 19.1 Å². The van der Waals surface area contributed by atoms with Crippen LogP contribution in [-0.2, 0) is 14.3 Å². The second-order valence-electron chi connectivity index (χ2n) is 5.76. The van der Waals surface area contributed by atoms with Gasteiger partial charge in [-0.05, 0) is 52.1 Å².